The van der Waals surface area contributed by atoms with Crippen LogP contribution in [0.15, 0.2) is 0 Å². The van der Waals surface area contributed by atoms with Crippen molar-refractivity contribution >= 4 is 5.97 Å². The minimum absolute atomic E-state index is 0.0827. The Labute approximate surface area is 124 Å². The molecule has 0 aliphatic heterocycles. The van der Waals surface area contributed by atoms with Gasteiger partial charge in [-0.2, -0.15) is 0 Å². The summed E-state index contributed by atoms with van der Waals surface area (Å²) in [5.41, 5.74) is -0.464. The third-order valence-electron chi connectivity index (χ3n) is 4.66. The maximum atomic E-state index is 12.3. The fourth-order valence-corrected chi connectivity index (χ4v) is 3.20. The number of methoxy groups -OCH3 is 1. The van der Waals surface area contributed by atoms with Crippen LogP contribution in [0.2, 0.25) is 0 Å². The van der Waals surface area contributed by atoms with Crippen molar-refractivity contribution in [1.29, 1.82) is 0 Å². The highest BCUT2D eigenvalue weighted by atomic mass is 16.5. The molecule has 2 atom stereocenters. The number of ether oxygens (including phenoxy) is 1. The Kier molecular flexibility index (Phi) is 6.96. The summed E-state index contributed by atoms with van der Waals surface area (Å²) in [4.78, 5) is 14.4. The Morgan fingerprint density at radius 1 is 1.35 bits per heavy atom. The molecule has 1 N–H and O–H groups in total. The van der Waals surface area contributed by atoms with Crippen molar-refractivity contribution < 1.29 is 9.53 Å². The van der Waals surface area contributed by atoms with Gasteiger partial charge in [0, 0.05) is 13.1 Å². The van der Waals surface area contributed by atoms with E-state index in [4.69, 9.17) is 4.74 Å². The second-order valence-corrected chi connectivity index (χ2v) is 6.74. The van der Waals surface area contributed by atoms with Gasteiger partial charge in [0.1, 0.15) is 5.54 Å². The Hall–Kier alpha value is -0.610. The highest BCUT2D eigenvalue weighted by molar-refractivity contribution is 5.80. The summed E-state index contributed by atoms with van der Waals surface area (Å²) in [7, 11) is 5.60. The van der Waals surface area contributed by atoms with Gasteiger partial charge in [-0.25, -0.2) is 0 Å². The van der Waals surface area contributed by atoms with Crippen LogP contribution in [0.4, 0.5) is 0 Å². The molecule has 1 saturated carbocycles. The molecule has 4 nitrogen and oxygen atoms in total. The molecule has 0 aromatic heterocycles. The first-order valence-electron chi connectivity index (χ1n) is 7.89. The van der Waals surface area contributed by atoms with E-state index in [0.717, 1.165) is 44.7 Å². The Bertz CT molecular complexity index is 305. The number of hydrogen-bond acceptors (Lipinski definition) is 4. The van der Waals surface area contributed by atoms with Crippen LogP contribution in [0.3, 0.4) is 0 Å². The Morgan fingerprint density at radius 3 is 2.60 bits per heavy atom. The number of nitrogens with one attached hydrogen (secondary N) is 1. The average Bonchev–Trinajstić information content (AvgIpc) is 2.61. The summed E-state index contributed by atoms with van der Waals surface area (Å²) < 4.78 is 5.09. The first kappa shape index (κ1) is 17.4. The van der Waals surface area contributed by atoms with Crippen molar-refractivity contribution in [2.75, 3.05) is 34.3 Å². The fraction of sp³-hybridized carbons (Fsp3) is 0.938. The van der Waals surface area contributed by atoms with E-state index in [9.17, 15) is 4.79 Å². The molecular formula is C16H32N2O2. The molecule has 0 saturated heterocycles. The minimum Gasteiger partial charge on any atom is -0.468 e. The largest absolute Gasteiger partial charge is 0.468 e. The van der Waals surface area contributed by atoms with Gasteiger partial charge in [-0.15, -0.1) is 0 Å². The van der Waals surface area contributed by atoms with Crippen molar-refractivity contribution in [2.24, 2.45) is 11.8 Å². The zero-order chi connectivity index (χ0) is 15.2. The van der Waals surface area contributed by atoms with Gasteiger partial charge in [0.2, 0.25) is 0 Å². The highest BCUT2D eigenvalue weighted by Crippen LogP contribution is 2.34. The molecule has 0 bridgehead atoms. The van der Waals surface area contributed by atoms with E-state index >= 15 is 0 Å². The minimum atomic E-state index is -0.464. The standard InChI is InChI=1S/C16H32N2O2/c1-13(2)14-7-6-9-16(10-8-14,15(19)20-5)17-11-12-18(3)4/h13-14,17H,6-12H2,1-5H3. The van der Waals surface area contributed by atoms with E-state index in [-0.39, 0.29) is 5.97 Å². The lowest BCUT2D eigenvalue weighted by molar-refractivity contribution is -0.149. The van der Waals surface area contributed by atoms with E-state index in [2.05, 4.69) is 24.1 Å². The van der Waals surface area contributed by atoms with Crippen molar-refractivity contribution in [3.8, 4) is 0 Å². The molecule has 2 unspecified atom stereocenters. The van der Waals surface area contributed by atoms with Gasteiger partial charge in [-0.05, 0) is 45.2 Å². The molecular weight excluding hydrogens is 252 g/mol. The second-order valence-electron chi connectivity index (χ2n) is 6.74. The molecule has 1 rings (SSSR count). The molecule has 1 fully saturated rings. The number of carbonyl (C=O) groups excluding carboxylic acids is 1. The lowest BCUT2D eigenvalue weighted by Gasteiger charge is -2.32. The van der Waals surface area contributed by atoms with E-state index < -0.39 is 5.54 Å². The van der Waals surface area contributed by atoms with Crippen LogP contribution < -0.4 is 5.32 Å². The lowest BCUT2D eigenvalue weighted by Crippen LogP contribution is -2.54. The maximum Gasteiger partial charge on any atom is 0.326 e. The van der Waals surface area contributed by atoms with E-state index in [1.54, 1.807) is 0 Å². The lowest BCUT2D eigenvalue weighted by atomic mass is 9.86. The van der Waals surface area contributed by atoms with Crippen LogP contribution in [0.1, 0.15) is 46.0 Å². The van der Waals surface area contributed by atoms with E-state index in [1.807, 2.05) is 14.1 Å². The van der Waals surface area contributed by atoms with Crippen molar-refractivity contribution in [3.63, 3.8) is 0 Å². The van der Waals surface area contributed by atoms with Crippen molar-refractivity contribution in [3.05, 3.63) is 0 Å². The summed E-state index contributed by atoms with van der Waals surface area (Å²) in [6.45, 7) is 6.34. The molecule has 4 heteroatoms. The highest BCUT2D eigenvalue weighted by Gasteiger charge is 2.40. The molecule has 0 heterocycles. The van der Waals surface area contributed by atoms with Crippen LogP contribution in [-0.4, -0.2) is 50.7 Å². The molecule has 0 radical (unpaired) electrons. The van der Waals surface area contributed by atoms with Gasteiger partial charge < -0.3 is 15.0 Å². The first-order chi connectivity index (χ1) is 9.41. The normalized spacial score (nSPS) is 27.6. The molecule has 0 spiro atoms. The van der Waals surface area contributed by atoms with Crippen molar-refractivity contribution in [1.82, 2.24) is 10.2 Å². The zero-order valence-corrected chi connectivity index (χ0v) is 13.9. The average molecular weight is 284 g/mol. The van der Waals surface area contributed by atoms with Crippen LogP contribution in [-0.2, 0) is 9.53 Å². The summed E-state index contributed by atoms with van der Waals surface area (Å²) in [5.74, 6) is 1.35. The second kappa shape index (κ2) is 7.99. The molecule has 0 aromatic rings. The smallest absolute Gasteiger partial charge is 0.326 e. The van der Waals surface area contributed by atoms with Crippen LogP contribution in [0, 0.1) is 11.8 Å². The third-order valence-corrected chi connectivity index (χ3v) is 4.66. The van der Waals surface area contributed by atoms with Gasteiger partial charge in [-0.3, -0.25) is 4.79 Å². The number of rotatable bonds is 6. The van der Waals surface area contributed by atoms with Crippen LogP contribution >= 0.6 is 0 Å². The number of likely N-dealkylation sites (N-methyl/N-ethyl adjacent to an activating group) is 1. The van der Waals surface area contributed by atoms with E-state index in [0.29, 0.717) is 5.92 Å². The predicted octanol–water partition coefficient (Wildman–Crippen LogP) is 2.29. The van der Waals surface area contributed by atoms with Crippen molar-refractivity contribution in [2.45, 2.75) is 51.5 Å². The Morgan fingerprint density at radius 2 is 2.05 bits per heavy atom. The summed E-state index contributed by atoms with van der Waals surface area (Å²) in [5, 5.41) is 3.50. The van der Waals surface area contributed by atoms with Gasteiger partial charge in [0.15, 0.2) is 0 Å². The van der Waals surface area contributed by atoms with Crippen LogP contribution in [0.5, 0.6) is 0 Å². The quantitative estimate of drug-likeness (QED) is 0.600. The molecule has 1 aliphatic rings. The summed E-state index contributed by atoms with van der Waals surface area (Å²) >= 11 is 0. The monoisotopic (exact) mass is 284 g/mol. The van der Waals surface area contributed by atoms with Gasteiger partial charge in [0.05, 0.1) is 7.11 Å². The molecule has 118 valence electrons. The molecule has 20 heavy (non-hydrogen) atoms. The number of esters is 1. The molecule has 0 aromatic carbocycles. The summed E-state index contributed by atoms with van der Waals surface area (Å²) in [6.07, 6.45) is 5.24. The SMILES string of the molecule is COC(=O)C1(NCCN(C)C)CCCC(C(C)C)CC1. The predicted molar refractivity (Wildman–Crippen MR) is 82.7 cm³/mol. The van der Waals surface area contributed by atoms with Gasteiger partial charge in [-0.1, -0.05) is 26.7 Å². The fourth-order valence-electron chi connectivity index (χ4n) is 3.20. The molecule has 0 amide bonds. The number of hydrogen-bond donors (Lipinski definition) is 1. The number of carbonyl (C=O) groups is 1. The molecule has 1 aliphatic carbocycles. The number of nitrogens with zero attached hydrogens (tertiary/aromatic N) is 1. The summed E-state index contributed by atoms with van der Waals surface area (Å²) in [6, 6.07) is 0. The maximum absolute atomic E-state index is 12.3. The Balaban J connectivity index is 2.70. The van der Waals surface area contributed by atoms with E-state index in [1.165, 1.54) is 13.5 Å². The van der Waals surface area contributed by atoms with Gasteiger partial charge >= 0.3 is 5.97 Å². The van der Waals surface area contributed by atoms with Crippen LogP contribution in [0.25, 0.3) is 0 Å². The third kappa shape index (κ3) is 4.74. The van der Waals surface area contributed by atoms with Gasteiger partial charge in [0.25, 0.3) is 0 Å². The first-order valence-corrected chi connectivity index (χ1v) is 7.89. The topological polar surface area (TPSA) is 41.6 Å². The zero-order valence-electron chi connectivity index (χ0n) is 13.9.